The molecule has 1 atom stereocenters. The lowest BCUT2D eigenvalue weighted by Crippen LogP contribution is -2.45. The van der Waals surface area contributed by atoms with Gasteiger partial charge in [-0.25, -0.2) is 9.37 Å². The van der Waals surface area contributed by atoms with Gasteiger partial charge in [0.05, 0.1) is 72.2 Å². The van der Waals surface area contributed by atoms with Gasteiger partial charge in [-0.3, -0.25) is 4.99 Å². The van der Waals surface area contributed by atoms with E-state index in [-0.39, 0.29) is 52.8 Å². The van der Waals surface area contributed by atoms with Gasteiger partial charge in [0.15, 0.2) is 17.4 Å². The average Bonchev–Trinajstić information content (AvgIpc) is 3.46. The molecule has 2 N–H and O–H groups in total. The Morgan fingerprint density at radius 2 is 1.46 bits per heavy atom. The highest BCUT2D eigenvalue weighted by Gasteiger charge is 2.40. The van der Waals surface area contributed by atoms with Crippen LogP contribution in [0, 0.1) is 12.7 Å². The quantitative estimate of drug-likeness (QED) is 0.102. The number of halogens is 6. The molecule has 0 saturated carbocycles. The molecule has 65 heavy (non-hydrogen) atoms. The summed E-state index contributed by atoms with van der Waals surface area (Å²) in [5.74, 6) is 1.15. The summed E-state index contributed by atoms with van der Waals surface area (Å²) in [6.45, 7) is 3.92. The third-order valence-electron chi connectivity index (χ3n) is 11.1. The van der Waals surface area contributed by atoms with Gasteiger partial charge in [-0.2, -0.15) is 18.3 Å². The lowest BCUT2D eigenvalue weighted by atomic mass is 9.98. The summed E-state index contributed by atoms with van der Waals surface area (Å²) < 4.78 is 85.4. The van der Waals surface area contributed by atoms with E-state index >= 15 is 17.6 Å². The lowest BCUT2D eigenvalue weighted by Gasteiger charge is -2.31. The van der Waals surface area contributed by atoms with Crippen molar-refractivity contribution in [1.29, 1.82) is 0 Å². The molecule has 0 saturated heterocycles. The molecule has 336 valence electrons. The van der Waals surface area contributed by atoms with Crippen LogP contribution in [0.25, 0.3) is 17.1 Å². The van der Waals surface area contributed by atoms with Gasteiger partial charge in [0.2, 0.25) is 5.22 Å². The van der Waals surface area contributed by atoms with E-state index in [9.17, 15) is 0 Å². The van der Waals surface area contributed by atoms with Crippen molar-refractivity contribution in [2.75, 3.05) is 38.2 Å². The second-order valence-corrected chi connectivity index (χ2v) is 15.9. The molecule has 0 radical (unpaired) electrons. The molecule has 2 aromatic heterocycles. The van der Waals surface area contributed by atoms with E-state index in [1.54, 1.807) is 61.5 Å². The number of hydrogen-bond acceptors (Lipinski definition) is 12. The van der Waals surface area contributed by atoms with Crippen LogP contribution >= 0.6 is 23.2 Å². The Morgan fingerprint density at radius 3 is 2.03 bits per heavy atom. The number of aromatic nitrogens is 3. The molecule has 2 aliphatic rings. The number of methoxy groups -OCH3 is 3. The van der Waals surface area contributed by atoms with Crippen molar-refractivity contribution in [1.82, 2.24) is 25.4 Å². The van der Waals surface area contributed by atoms with Gasteiger partial charge in [-0.1, -0.05) is 48.0 Å². The Hall–Kier alpha value is -6.78. The van der Waals surface area contributed by atoms with E-state index in [1.807, 2.05) is 55.5 Å². The zero-order chi connectivity index (χ0) is 46.0. The maximum Gasteiger partial charge on any atom is 0.418 e. The van der Waals surface area contributed by atoms with Crippen LogP contribution in [-0.4, -0.2) is 48.1 Å². The SMILES string of the molecule is COc1ccc(CNc2nnccc2C(C)N2C=C(Cl)Oc3c(F)c(-c4nc(N(Cc5ccc(OC)cc5)Cc5ccc(OC)cc5)cc(C)c4C(F)(F)F)c(Cl)c4c3=C2NCN=4)cc1. The fraction of sp³-hybridized carbons (Fsp3) is 0.234. The van der Waals surface area contributed by atoms with Crippen LogP contribution in [0.2, 0.25) is 5.02 Å². The summed E-state index contributed by atoms with van der Waals surface area (Å²) in [5.41, 5.74) is 0.480. The maximum absolute atomic E-state index is 17.6. The highest BCUT2D eigenvalue weighted by Crippen LogP contribution is 2.44. The second-order valence-electron chi connectivity index (χ2n) is 15.1. The van der Waals surface area contributed by atoms with Crippen LogP contribution < -0.4 is 45.1 Å². The number of nitrogens with one attached hydrogen (secondary N) is 2. The Balaban J connectivity index is 1.25. The molecular weight excluding hydrogens is 887 g/mol. The van der Waals surface area contributed by atoms with E-state index in [1.165, 1.54) is 25.4 Å². The van der Waals surface area contributed by atoms with Crippen molar-refractivity contribution in [2.45, 2.75) is 45.7 Å². The van der Waals surface area contributed by atoms with Gasteiger partial charge >= 0.3 is 6.18 Å². The maximum atomic E-state index is 17.6. The van der Waals surface area contributed by atoms with Crippen molar-refractivity contribution in [3.05, 3.63) is 157 Å². The van der Waals surface area contributed by atoms with Crippen LogP contribution in [0.5, 0.6) is 23.0 Å². The third kappa shape index (κ3) is 9.27. The van der Waals surface area contributed by atoms with Gasteiger partial charge in [0.1, 0.15) is 35.6 Å². The predicted octanol–water partition coefficient (Wildman–Crippen LogP) is 9.24. The Bertz CT molecular complexity index is 2840. The highest BCUT2D eigenvalue weighted by atomic mass is 35.5. The summed E-state index contributed by atoms with van der Waals surface area (Å²) in [5, 5.41) is 14.3. The molecule has 2 aliphatic heterocycles. The first-order chi connectivity index (χ1) is 31.3. The first-order valence-electron chi connectivity index (χ1n) is 20.2. The largest absolute Gasteiger partial charge is 0.497 e. The summed E-state index contributed by atoms with van der Waals surface area (Å²) in [7, 11) is 4.70. The first kappa shape index (κ1) is 44.8. The molecule has 4 heterocycles. The standard InChI is InChI=1S/C47H42Cl2F4N8O4/c1-26-20-36(60(22-29-8-14-32(63-4)15-9-29)23-30-10-16-33(64-5)17-11-30)58-42(39(26)47(51,52)53)37-40(49)43-38-44(41(37)50)65-35(48)24-61(46(38)56-25-55-43)27(2)34-18-19-57-59-45(34)54-21-28-6-12-31(62-3)13-7-28/h6-20,24,27,56H,21-23,25H2,1-5H3,(H,54,59). The molecular formula is C47H42Cl2F4N8O4. The van der Waals surface area contributed by atoms with Gasteiger partial charge in [-0.05, 0) is 96.2 Å². The molecule has 0 bridgehead atoms. The minimum Gasteiger partial charge on any atom is -0.497 e. The topological polar surface area (TPSA) is 118 Å². The molecule has 0 amide bonds. The Kier molecular flexibility index (Phi) is 12.9. The third-order valence-corrected chi connectivity index (χ3v) is 11.6. The van der Waals surface area contributed by atoms with Crippen LogP contribution in [0.1, 0.15) is 46.3 Å². The number of aryl methyl sites for hydroxylation is 1. The Labute approximate surface area is 381 Å². The van der Waals surface area contributed by atoms with Crippen molar-refractivity contribution < 1.29 is 36.5 Å². The van der Waals surface area contributed by atoms with Crippen LogP contribution in [-0.2, 0) is 25.8 Å². The minimum atomic E-state index is -4.99. The van der Waals surface area contributed by atoms with Crippen LogP contribution in [0.15, 0.2) is 108 Å². The molecule has 6 aromatic rings. The molecule has 18 heteroatoms. The monoisotopic (exact) mass is 928 g/mol. The van der Waals surface area contributed by atoms with Crippen LogP contribution in [0.4, 0.5) is 29.2 Å². The number of nitrogens with zero attached hydrogens (tertiary/aromatic N) is 6. The Morgan fingerprint density at radius 1 is 0.877 bits per heavy atom. The van der Waals surface area contributed by atoms with Gasteiger partial charge in [0.25, 0.3) is 0 Å². The summed E-state index contributed by atoms with van der Waals surface area (Å²) in [6, 6.07) is 24.6. The van der Waals surface area contributed by atoms with Crippen molar-refractivity contribution in [3.63, 3.8) is 0 Å². The highest BCUT2D eigenvalue weighted by molar-refractivity contribution is 6.33. The lowest BCUT2D eigenvalue weighted by molar-refractivity contribution is -0.137. The number of rotatable bonds is 14. The number of hydrogen-bond donors (Lipinski definition) is 2. The summed E-state index contributed by atoms with van der Waals surface area (Å²) in [6.07, 6.45) is -2.00. The molecule has 8 rings (SSSR count). The number of anilines is 2. The van der Waals surface area contributed by atoms with E-state index in [0.717, 1.165) is 22.4 Å². The van der Waals surface area contributed by atoms with Crippen molar-refractivity contribution in [2.24, 2.45) is 4.99 Å². The van der Waals surface area contributed by atoms with E-state index in [4.69, 9.17) is 42.1 Å². The average molecular weight is 930 g/mol. The van der Waals surface area contributed by atoms with E-state index < -0.39 is 45.6 Å². The number of benzene rings is 4. The summed E-state index contributed by atoms with van der Waals surface area (Å²) >= 11 is 13.8. The van der Waals surface area contributed by atoms with Gasteiger partial charge in [-0.15, -0.1) is 5.10 Å². The van der Waals surface area contributed by atoms with E-state index in [0.29, 0.717) is 29.4 Å². The van der Waals surface area contributed by atoms with Gasteiger partial charge in [0, 0.05) is 25.2 Å². The fourth-order valence-corrected chi connectivity index (χ4v) is 8.31. The number of pyridine rings is 1. The molecule has 0 spiro atoms. The molecule has 12 nitrogen and oxygen atoms in total. The van der Waals surface area contributed by atoms with Crippen molar-refractivity contribution >= 4 is 40.7 Å². The summed E-state index contributed by atoms with van der Waals surface area (Å²) in [4.78, 5) is 12.7. The molecule has 1 unspecified atom stereocenters. The smallest absolute Gasteiger partial charge is 0.418 e. The number of ether oxygens (including phenoxy) is 4. The van der Waals surface area contributed by atoms with Crippen LogP contribution in [0.3, 0.4) is 0 Å². The van der Waals surface area contributed by atoms with E-state index in [2.05, 4.69) is 30.8 Å². The fourth-order valence-electron chi connectivity index (χ4n) is 7.80. The normalized spacial score (nSPS) is 13.6. The van der Waals surface area contributed by atoms with Gasteiger partial charge < -0.3 is 39.4 Å². The predicted molar refractivity (Wildman–Crippen MR) is 240 cm³/mol. The minimum absolute atomic E-state index is 0.0132. The molecule has 0 aliphatic carbocycles. The number of alkyl halides is 3. The molecule has 4 aromatic carbocycles. The first-order valence-corrected chi connectivity index (χ1v) is 21.0. The second kappa shape index (κ2) is 18.7. The zero-order valence-corrected chi connectivity index (χ0v) is 37.2. The van der Waals surface area contributed by atoms with Crippen molar-refractivity contribution in [3.8, 4) is 34.3 Å². The zero-order valence-electron chi connectivity index (χ0n) is 35.7. The molecule has 0 fully saturated rings.